The first-order valence-electron chi connectivity index (χ1n) is 6.48. The minimum atomic E-state index is -0.196. The third kappa shape index (κ3) is 3.76. The summed E-state index contributed by atoms with van der Waals surface area (Å²) in [7, 11) is 0. The molecule has 1 N–H and O–H groups in total. The highest BCUT2D eigenvalue weighted by Crippen LogP contribution is 2.23. The number of likely N-dealkylation sites (tertiary alicyclic amines) is 1. The summed E-state index contributed by atoms with van der Waals surface area (Å²) in [4.78, 5) is 7.03. The van der Waals surface area contributed by atoms with E-state index in [2.05, 4.69) is 15.3 Å². The summed E-state index contributed by atoms with van der Waals surface area (Å²) in [6.07, 6.45) is 4.49. The summed E-state index contributed by atoms with van der Waals surface area (Å²) < 4.78 is 0. The molecule has 0 aliphatic carbocycles. The van der Waals surface area contributed by atoms with E-state index in [1.165, 1.54) is 24.3 Å². The number of piperidine rings is 1. The molecule has 1 aliphatic rings. The molecular weight excluding hydrogens is 232 g/mol. The van der Waals surface area contributed by atoms with Gasteiger partial charge in [-0.1, -0.05) is 6.42 Å². The van der Waals surface area contributed by atoms with E-state index in [0.717, 1.165) is 25.2 Å². The van der Waals surface area contributed by atoms with E-state index in [1.807, 2.05) is 13.8 Å². The van der Waals surface area contributed by atoms with E-state index in [-0.39, 0.29) is 6.10 Å². The lowest BCUT2D eigenvalue weighted by atomic mass is 9.97. The quantitative estimate of drug-likeness (QED) is 0.897. The summed E-state index contributed by atoms with van der Waals surface area (Å²) >= 11 is 1.75. The molecule has 0 spiro atoms. The van der Waals surface area contributed by atoms with Gasteiger partial charge in [-0.2, -0.15) is 0 Å². The molecule has 2 heterocycles. The first-order chi connectivity index (χ1) is 8.15. The van der Waals surface area contributed by atoms with Crippen LogP contribution in [-0.4, -0.2) is 33.7 Å². The zero-order valence-corrected chi connectivity index (χ0v) is 11.5. The molecule has 2 unspecified atom stereocenters. The van der Waals surface area contributed by atoms with E-state index in [1.54, 1.807) is 11.3 Å². The second kappa shape index (κ2) is 5.94. The summed E-state index contributed by atoms with van der Waals surface area (Å²) in [6.45, 7) is 6.04. The Labute approximate surface area is 107 Å². The smallest absolute Gasteiger partial charge is 0.107 e. The van der Waals surface area contributed by atoms with Crippen LogP contribution in [0.15, 0.2) is 5.38 Å². The Balaban J connectivity index is 1.96. The fourth-order valence-electron chi connectivity index (χ4n) is 2.58. The maximum atomic E-state index is 9.55. The Bertz CT molecular complexity index is 351. The van der Waals surface area contributed by atoms with Crippen molar-refractivity contribution in [2.24, 2.45) is 0 Å². The molecule has 2 atom stereocenters. The number of aliphatic hydroxyl groups is 1. The van der Waals surface area contributed by atoms with Gasteiger partial charge in [0.25, 0.3) is 0 Å². The molecule has 1 aromatic heterocycles. The second-order valence-electron chi connectivity index (χ2n) is 5.09. The van der Waals surface area contributed by atoms with E-state index in [0.29, 0.717) is 6.04 Å². The van der Waals surface area contributed by atoms with Crippen LogP contribution in [0, 0.1) is 6.92 Å². The van der Waals surface area contributed by atoms with Gasteiger partial charge in [0.05, 0.1) is 12.6 Å². The van der Waals surface area contributed by atoms with Crippen LogP contribution in [0.5, 0.6) is 0 Å². The van der Waals surface area contributed by atoms with Crippen molar-refractivity contribution in [2.45, 2.75) is 58.2 Å². The molecule has 4 heteroatoms. The molecule has 17 heavy (non-hydrogen) atoms. The van der Waals surface area contributed by atoms with Crippen molar-refractivity contribution in [1.82, 2.24) is 9.88 Å². The Morgan fingerprint density at radius 2 is 2.41 bits per heavy atom. The molecule has 2 rings (SSSR count). The molecule has 0 radical (unpaired) electrons. The topological polar surface area (TPSA) is 36.4 Å². The van der Waals surface area contributed by atoms with Gasteiger partial charge in [0.1, 0.15) is 5.01 Å². The van der Waals surface area contributed by atoms with E-state index in [9.17, 15) is 5.11 Å². The fourth-order valence-corrected chi connectivity index (χ4v) is 3.37. The van der Waals surface area contributed by atoms with Crippen molar-refractivity contribution in [1.29, 1.82) is 0 Å². The number of rotatable bonds is 4. The van der Waals surface area contributed by atoms with E-state index < -0.39 is 0 Å². The van der Waals surface area contributed by atoms with Crippen molar-refractivity contribution in [3.8, 4) is 0 Å². The SMILES string of the molecule is Cc1csc(CN2CCCCC2CC(C)O)n1. The standard InChI is InChI=1S/C13H22N2OS/c1-10-9-17-13(14-10)8-15-6-4-3-5-12(15)7-11(2)16/h9,11-12,16H,3-8H2,1-2H3. The largest absolute Gasteiger partial charge is 0.393 e. The molecule has 0 bridgehead atoms. The van der Waals surface area contributed by atoms with Crippen LogP contribution in [0.3, 0.4) is 0 Å². The predicted octanol–water partition coefficient (Wildman–Crippen LogP) is 2.58. The van der Waals surface area contributed by atoms with E-state index in [4.69, 9.17) is 0 Å². The fraction of sp³-hybridized carbons (Fsp3) is 0.769. The van der Waals surface area contributed by atoms with Crippen LogP contribution in [0.4, 0.5) is 0 Å². The molecule has 1 fully saturated rings. The highest BCUT2D eigenvalue weighted by Gasteiger charge is 2.24. The molecule has 0 aromatic carbocycles. The highest BCUT2D eigenvalue weighted by atomic mass is 32.1. The van der Waals surface area contributed by atoms with Crippen LogP contribution in [-0.2, 0) is 6.54 Å². The second-order valence-corrected chi connectivity index (χ2v) is 6.03. The van der Waals surface area contributed by atoms with Gasteiger partial charge in [0, 0.05) is 17.1 Å². The van der Waals surface area contributed by atoms with Crippen molar-refractivity contribution >= 4 is 11.3 Å². The van der Waals surface area contributed by atoms with Crippen LogP contribution < -0.4 is 0 Å². The van der Waals surface area contributed by atoms with Crippen molar-refractivity contribution in [3.63, 3.8) is 0 Å². The molecule has 1 aromatic rings. The first kappa shape index (κ1) is 13.0. The van der Waals surface area contributed by atoms with Crippen LogP contribution in [0.25, 0.3) is 0 Å². The number of nitrogens with zero attached hydrogens (tertiary/aromatic N) is 2. The Morgan fingerprint density at radius 3 is 3.06 bits per heavy atom. The third-order valence-electron chi connectivity index (χ3n) is 3.37. The van der Waals surface area contributed by atoms with Crippen LogP contribution in [0.1, 0.15) is 43.3 Å². The molecule has 0 saturated carbocycles. The molecule has 96 valence electrons. The number of aliphatic hydroxyl groups excluding tert-OH is 1. The van der Waals surface area contributed by atoms with Gasteiger partial charge in [-0.05, 0) is 39.7 Å². The summed E-state index contributed by atoms with van der Waals surface area (Å²) in [5.41, 5.74) is 1.12. The number of aromatic nitrogens is 1. The summed E-state index contributed by atoms with van der Waals surface area (Å²) in [5.74, 6) is 0. The first-order valence-corrected chi connectivity index (χ1v) is 7.36. The van der Waals surface area contributed by atoms with Crippen LogP contribution >= 0.6 is 11.3 Å². The average molecular weight is 254 g/mol. The molecule has 3 nitrogen and oxygen atoms in total. The maximum absolute atomic E-state index is 9.55. The van der Waals surface area contributed by atoms with E-state index >= 15 is 0 Å². The number of hydrogen-bond donors (Lipinski definition) is 1. The zero-order chi connectivity index (χ0) is 12.3. The van der Waals surface area contributed by atoms with Gasteiger partial charge in [0.2, 0.25) is 0 Å². The van der Waals surface area contributed by atoms with Gasteiger partial charge >= 0.3 is 0 Å². The average Bonchev–Trinajstić information content (AvgIpc) is 2.66. The minimum absolute atomic E-state index is 0.196. The lowest BCUT2D eigenvalue weighted by Gasteiger charge is -2.35. The highest BCUT2D eigenvalue weighted by molar-refractivity contribution is 7.09. The maximum Gasteiger partial charge on any atom is 0.107 e. The normalized spacial score (nSPS) is 23.8. The molecular formula is C13H22N2OS. The Kier molecular flexibility index (Phi) is 4.54. The van der Waals surface area contributed by atoms with Crippen molar-refractivity contribution in [3.05, 3.63) is 16.1 Å². The van der Waals surface area contributed by atoms with Gasteiger partial charge in [-0.3, -0.25) is 4.90 Å². The lowest BCUT2D eigenvalue weighted by molar-refractivity contribution is 0.0817. The molecule has 1 aliphatic heterocycles. The van der Waals surface area contributed by atoms with Crippen molar-refractivity contribution in [2.75, 3.05) is 6.54 Å². The van der Waals surface area contributed by atoms with Crippen molar-refractivity contribution < 1.29 is 5.11 Å². The Hall–Kier alpha value is -0.450. The lowest BCUT2D eigenvalue weighted by Crippen LogP contribution is -2.40. The van der Waals surface area contributed by atoms with Crippen LogP contribution in [0.2, 0.25) is 0 Å². The monoisotopic (exact) mass is 254 g/mol. The zero-order valence-electron chi connectivity index (χ0n) is 10.7. The molecule has 1 saturated heterocycles. The van der Waals surface area contributed by atoms with Gasteiger partial charge in [0.15, 0.2) is 0 Å². The third-order valence-corrected chi connectivity index (χ3v) is 4.32. The van der Waals surface area contributed by atoms with Gasteiger partial charge in [-0.15, -0.1) is 11.3 Å². The summed E-state index contributed by atoms with van der Waals surface area (Å²) in [5, 5.41) is 12.9. The predicted molar refractivity (Wildman–Crippen MR) is 71.2 cm³/mol. The minimum Gasteiger partial charge on any atom is -0.393 e. The number of aryl methyl sites for hydroxylation is 1. The van der Waals surface area contributed by atoms with Gasteiger partial charge < -0.3 is 5.11 Å². The van der Waals surface area contributed by atoms with Gasteiger partial charge in [-0.25, -0.2) is 4.98 Å². The number of hydrogen-bond acceptors (Lipinski definition) is 4. The Morgan fingerprint density at radius 1 is 1.59 bits per heavy atom. The summed E-state index contributed by atoms with van der Waals surface area (Å²) in [6, 6.07) is 0.535. The molecule has 0 amide bonds. The number of thiazole rings is 1.